The van der Waals surface area contributed by atoms with Gasteiger partial charge in [-0.15, -0.1) is 11.3 Å². The largest absolute Gasteiger partial charge is 0.477 e. The van der Waals surface area contributed by atoms with E-state index in [1.165, 1.54) is 11.3 Å². The van der Waals surface area contributed by atoms with Crippen LogP contribution < -0.4 is 4.90 Å². The molecule has 6 heteroatoms. The van der Waals surface area contributed by atoms with Crippen LogP contribution >= 0.6 is 11.3 Å². The van der Waals surface area contributed by atoms with E-state index in [0.29, 0.717) is 10.7 Å². The lowest BCUT2D eigenvalue weighted by atomic mass is 10.1. The smallest absolute Gasteiger partial charge is 0.346 e. The minimum atomic E-state index is -0.915. The van der Waals surface area contributed by atoms with Gasteiger partial charge in [-0.2, -0.15) is 0 Å². The molecule has 0 bridgehead atoms. The van der Waals surface area contributed by atoms with E-state index in [2.05, 4.69) is 23.7 Å². The Hall–Kier alpha value is -2.47. The highest BCUT2D eigenvalue weighted by Gasteiger charge is 2.22. The first-order chi connectivity index (χ1) is 11.6. The van der Waals surface area contributed by atoms with Gasteiger partial charge in [0.1, 0.15) is 15.5 Å². The molecule has 0 spiro atoms. The predicted molar refractivity (Wildman–Crippen MR) is 98.1 cm³/mol. The number of thiophene rings is 1. The maximum Gasteiger partial charge on any atom is 0.346 e. The predicted octanol–water partition coefficient (Wildman–Crippen LogP) is 4.21. The summed E-state index contributed by atoms with van der Waals surface area (Å²) in [5.74, 6) is 0.524. The maximum absolute atomic E-state index is 11.5. The molecule has 3 rings (SSSR count). The van der Waals surface area contributed by atoms with Crippen LogP contribution in [0.15, 0.2) is 30.3 Å². The monoisotopic (exact) mass is 341 g/mol. The number of carboxylic acid groups (broad SMARTS) is 1. The fourth-order valence-electron chi connectivity index (χ4n) is 2.79. The van der Waals surface area contributed by atoms with E-state index in [9.17, 15) is 9.90 Å². The fraction of sp³-hybridized carbons (Fsp3) is 0.278. The Kier molecular flexibility index (Phi) is 4.49. The fourth-order valence-corrected chi connectivity index (χ4v) is 3.80. The van der Waals surface area contributed by atoms with Crippen molar-refractivity contribution in [3.8, 4) is 11.4 Å². The Bertz CT molecular complexity index is 886. The van der Waals surface area contributed by atoms with E-state index < -0.39 is 5.97 Å². The van der Waals surface area contributed by atoms with Gasteiger partial charge in [0.2, 0.25) is 0 Å². The summed E-state index contributed by atoms with van der Waals surface area (Å²) in [7, 11) is 0. The lowest BCUT2D eigenvalue weighted by Crippen LogP contribution is -2.23. The molecule has 0 unspecified atom stereocenters. The summed E-state index contributed by atoms with van der Waals surface area (Å²) in [6.07, 6.45) is 0. The SMILES string of the molecule is CCN(CC)c1nc(-c2ccccc2)nc2sc(C(=O)O)c(C)c12. The lowest BCUT2D eigenvalue weighted by molar-refractivity contribution is 0.0701. The zero-order chi connectivity index (χ0) is 17.3. The average molecular weight is 341 g/mol. The Balaban J connectivity index is 2.33. The highest BCUT2D eigenvalue weighted by Crippen LogP contribution is 2.37. The molecular weight excluding hydrogens is 322 g/mol. The zero-order valence-electron chi connectivity index (χ0n) is 13.9. The first-order valence-corrected chi connectivity index (χ1v) is 8.73. The Morgan fingerprint density at radius 2 is 1.83 bits per heavy atom. The third kappa shape index (κ3) is 2.73. The first-order valence-electron chi connectivity index (χ1n) is 7.91. The molecule has 3 aromatic rings. The molecule has 0 atom stereocenters. The second-order valence-corrected chi connectivity index (χ2v) is 6.45. The molecule has 1 N–H and O–H groups in total. The quantitative estimate of drug-likeness (QED) is 0.753. The van der Waals surface area contributed by atoms with Gasteiger partial charge in [0.25, 0.3) is 0 Å². The van der Waals surface area contributed by atoms with E-state index in [1.807, 2.05) is 37.3 Å². The summed E-state index contributed by atoms with van der Waals surface area (Å²) in [6.45, 7) is 7.57. The van der Waals surface area contributed by atoms with Gasteiger partial charge in [-0.25, -0.2) is 14.8 Å². The van der Waals surface area contributed by atoms with Gasteiger partial charge in [-0.05, 0) is 26.3 Å². The molecule has 0 fully saturated rings. The van der Waals surface area contributed by atoms with Crippen molar-refractivity contribution in [2.75, 3.05) is 18.0 Å². The number of carbonyl (C=O) groups is 1. The number of aromatic nitrogens is 2. The first kappa shape index (κ1) is 16.4. The van der Waals surface area contributed by atoms with Crippen molar-refractivity contribution in [2.45, 2.75) is 20.8 Å². The topological polar surface area (TPSA) is 66.3 Å². The summed E-state index contributed by atoms with van der Waals surface area (Å²) in [4.78, 5) is 24.1. The molecular formula is C18H19N3O2S. The molecule has 0 saturated heterocycles. The Morgan fingerprint density at radius 1 is 1.17 bits per heavy atom. The summed E-state index contributed by atoms with van der Waals surface area (Å²) in [5, 5.41) is 10.3. The van der Waals surface area contributed by atoms with Crippen LogP contribution in [-0.2, 0) is 0 Å². The van der Waals surface area contributed by atoms with Crippen LogP contribution in [0.25, 0.3) is 21.6 Å². The maximum atomic E-state index is 11.5. The summed E-state index contributed by atoms with van der Waals surface area (Å²) < 4.78 is 0. The van der Waals surface area contributed by atoms with Gasteiger partial charge >= 0.3 is 5.97 Å². The molecule has 0 aliphatic heterocycles. The van der Waals surface area contributed by atoms with E-state index in [4.69, 9.17) is 4.98 Å². The number of hydrogen-bond acceptors (Lipinski definition) is 5. The molecule has 0 saturated carbocycles. The van der Waals surface area contributed by atoms with Gasteiger partial charge in [0, 0.05) is 18.7 Å². The van der Waals surface area contributed by atoms with E-state index in [-0.39, 0.29) is 0 Å². The normalized spacial score (nSPS) is 11.0. The van der Waals surface area contributed by atoms with E-state index in [0.717, 1.165) is 40.3 Å². The van der Waals surface area contributed by atoms with Crippen LogP contribution in [0.2, 0.25) is 0 Å². The van der Waals surface area contributed by atoms with Crippen molar-refractivity contribution in [1.82, 2.24) is 9.97 Å². The van der Waals surface area contributed by atoms with Crippen LogP contribution in [0.5, 0.6) is 0 Å². The third-order valence-corrected chi connectivity index (χ3v) is 5.23. The second-order valence-electron chi connectivity index (χ2n) is 5.45. The molecule has 24 heavy (non-hydrogen) atoms. The minimum Gasteiger partial charge on any atom is -0.477 e. The number of benzene rings is 1. The number of fused-ring (bicyclic) bond motifs is 1. The van der Waals surface area contributed by atoms with Gasteiger partial charge in [-0.3, -0.25) is 0 Å². The van der Waals surface area contributed by atoms with Gasteiger partial charge in [0.15, 0.2) is 5.82 Å². The van der Waals surface area contributed by atoms with Crippen molar-refractivity contribution in [1.29, 1.82) is 0 Å². The Labute approximate surface area is 144 Å². The number of carboxylic acids is 1. The molecule has 5 nitrogen and oxygen atoms in total. The molecule has 0 aliphatic carbocycles. The van der Waals surface area contributed by atoms with Crippen LogP contribution in [0.4, 0.5) is 5.82 Å². The van der Waals surface area contributed by atoms with Crippen LogP contribution in [0.3, 0.4) is 0 Å². The van der Waals surface area contributed by atoms with Crippen molar-refractivity contribution in [3.05, 3.63) is 40.8 Å². The molecule has 1 aromatic carbocycles. The van der Waals surface area contributed by atoms with Crippen molar-refractivity contribution in [3.63, 3.8) is 0 Å². The van der Waals surface area contributed by atoms with Crippen LogP contribution in [0.1, 0.15) is 29.1 Å². The zero-order valence-corrected chi connectivity index (χ0v) is 14.7. The van der Waals surface area contributed by atoms with Gasteiger partial charge in [0.05, 0.1) is 5.39 Å². The number of hydrogen-bond donors (Lipinski definition) is 1. The van der Waals surface area contributed by atoms with Crippen molar-refractivity contribution in [2.24, 2.45) is 0 Å². The number of anilines is 1. The standard InChI is InChI=1S/C18H19N3O2S/c1-4-21(5-2)16-13-11(3)14(18(22)23)24-17(13)20-15(19-16)12-9-7-6-8-10-12/h6-10H,4-5H2,1-3H3,(H,22,23). The summed E-state index contributed by atoms with van der Waals surface area (Å²) in [6, 6.07) is 9.77. The highest BCUT2D eigenvalue weighted by atomic mass is 32.1. The average Bonchev–Trinajstić information content (AvgIpc) is 2.94. The Morgan fingerprint density at radius 3 is 2.42 bits per heavy atom. The number of aromatic carboxylic acids is 1. The summed E-state index contributed by atoms with van der Waals surface area (Å²) in [5.41, 5.74) is 1.67. The molecule has 2 heterocycles. The minimum absolute atomic E-state index is 0.331. The number of aryl methyl sites for hydroxylation is 1. The molecule has 124 valence electrons. The molecule has 0 aliphatic rings. The number of nitrogens with zero attached hydrogens (tertiary/aromatic N) is 3. The molecule has 0 amide bonds. The van der Waals surface area contributed by atoms with Gasteiger partial charge < -0.3 is 10.0 Å². The third-order valence-electron chi connectivity index (χ3n) is 4.06. The molecule has 0 radical (unpaired) electrons. The molecule has 2 aromatic heterocycles. The lowest BCUT2D eigenvalue weighted by Gasteiger charge is -2.21. The highest BCUT2D eigenvalue weighted by molar-refractivity contribution is 7.20. The van der Waals surface area contributed by atoms with E-state index >= 15 is 0 Å². The van der Waals surface area contributed by atoms with Crippen LogP contribution in [-0.4, -0.2) is 34.1 Å². The number of rotatable bonds is 5. The second kappa shape index (κ2) is 6.57. The van der Waals surface area contributed by atoms with Gasteiger partial charge in [-0.1, -0.05) is 30.3 Å². The van der Waals surface area contributed by atoms with Crippen molar-refractivity contribution >= 4 is 33.3 Å². The van der Waals surface area contributed by atoms with Crippen molar-refractivity contribution < 1.29 is 9.90 Å². The van der Waals surface area contributed by atoms with E-state index in [1.54, 1.807) is 0 Å². The van der Waals surface area contributed by atoms with Crippen LogP contribution in [0, 0.1) is 6.92 Å². The summed E-state index contributed by atoms with van der Waals surface area (Å²) >= 11 is 1.22.